The first-order valence-corrected chi connectivity index (χ1v) is 2.97. The average Bonchev–Trinajstić information content (AvgIpc) is 1.83. The zero-order valence-corrected chi connectivity index (χ0v) is 5.24. The van der Waals surface area contributed by atoms with E-state index in [1.165, 1.54) is 0 Å². The van der Waals surface area contributed by atoms with Crippen molar-refractivity contribution >= 4 is 9.03 Å². The summed E-state index contributed by atoms with van der Waals surface area (Å²) >= 11 is 0. The van der Waals surface area contributed by atoms with Gasteiger partial charge in [-0.15, -0.1) is 0 Å². The first-order valence-electron chi connectivity index (χ1n) is 2.11. The molecule has 1 unspecified atom stereocenters. The maximum absolute atomic E-state index is 8.27. The lowest BCUT2D eigenvalue weighted by Crippen LogP contribution is -2.18. The summed E-state index contributed by atoms with van der Waals surface area (Å²) in [6.07, 6.45) is -0.627. The number of rotatable bonds is 4. The molecule has 0 aromatic carbocycles. The maximum Gasteiger partial charge on any atom is 0.152 e. The van der Waals surface area contributed by atoms with Gasteiger partial charge in [0.2, 0.25) is 0 Å². The van der Waals surface area contributed by atoms with Crippen molar-refractivity contribution in [1.82, 2.24) is 0 Å². The van der Waals surface area contributed by atoms with E-state index in [2.05, 4.69) is 4.52 Å². The van der Waals surface area contributed by atoms with Crippen molar-refractivity contribution in [3.05, 3.63) is 0 Å². The first kappa shape index (κ1) is 8.27. The number of hydrogen-bond donors (Lipinski definition) is 3. The lowest BCUT2D eigenvalue weighted by molar-refractivity contribution is 0.0683. The number of aliphatic hydroxyl groups is 2. The Morgan fingerprint density at radius 2 is 1.88 bits per heavy atom. The lowest BCUT2D eigenvalue weighted by atomic mass is 10.4. The van der Waals surface area contributed by atoms with Gasteiger partial charge in [0.05, 0.1) is 13.2 Å². The molecule has 0 aromatic heterocycles. The SMILES string of the molecule is OCC(CO)OPO. The van der Waals surface area contributed by atoms with Crippen LogP contribution in [0.3, 0.4) is 0 Å². The maximum atomic E-state index is 8.27. The zero-order valence-electron chi connectivity index (χ0n) is 4.24. The molecule has 0 heterocycles. The Bertz CT molecular complexity index is 46.5. The minimum atomic E-state index is -0.668. The molecule has 50 valence electrons. The third-order valence-electron chi connectivity index (χ3n) is 0.627. The predicted octanol–water partition coefficient (Wildman–Crippen LogP) is -1.14. The van der Waals surface area contributed by atoms with Crippen LogP contribution in [0.15, 0.2) is 0 Å². The molecule has 8 heavy (non-hydrogen) atoms. The van der Waals surface area contributed by atoms with Gasteiger partial charge in [-0.2, -0.15) is 0 Å². The van der Waals surface area contributed by atoms with E-state index < -0.39 is 15.1 Å². The van der Waals surface area contributed by atoms with Crippen molar-refractivity contribution in [3.8, 4) is 0 Å². The molecular formula is C3H9O4P. The normalized spacial score (nSPS) is 12.0. The standard InChI is InChI=1S/C3H9O4P/c4-1-3(2-5)7-8-6/h3-6,8H,1-2H2. The van der Waals surface area contributed by atoms with Gasteiger partial charge in [0.15, 0.2) is 9.03 Å². The quantitative estimate of drug-likeness (QED) is 0.431. The minimum Gasteiger partial charge on any atom is -0.394 e. The van der Waals surface area contributed by atoms with E-state index in [4.69, 9.17) is 15.1 Å². The molecule has 0 amide bonds. The van der Waals surface area contributed by atoms with Gasteiger partial charge in [0.1, 0.15) is 6.10 Å². The number of hydrogen-bond acceptors (Lipinski definition) is 4. The Hall–Kier alpha value is 0.270. The second-order valence-corrected chi connectivity index (χ2v) is 1.61. The molecule has 5 heteroatoms. The van der Waals surface area contributed by atoms with Crippen molar-refractivity contribution in [1.29, 1.82) is 0 Å². The summed E-state index contributed by atoms with van der Waals surface area (Å²) in [4.78, 5) is 8.08. The molecule has 0 aromatic rings. The minimum absolute atomic E-state index is 0.260. The van der Waals surface area contributed by atoms with Crippen LogP contribution < -0.4 is 0 Å². The van der Waals surface area contributed by atoms with Gasteiger partial charge in [-0.3, -0.25) is 0 Å². The highest BCUT2D eigenvalue weighted by Crippen LogP contribution is 2.07. The van der Waals surface area contributed by atoms with E-state index >= 15 is 0 Å². The largest absolute Gasteiger partial charge is 0.394 e. The third-order valence-corrected chi connectivity index (χ3v) is 1.07. The van der Waals surface area contributed by atoms with E-state index in [0.717, 1.165) is 0 Å². The van der Waals surface area contributed by atoms with Gasteiger partial charge in [0, 0.05) is 0 Å². The second kappa shape index (κ2) is 5.41. The molecule has 0 saturated heterocycles. The van der Waals surface area contributed by atoms with E-state index in [-0.39, 0.29) is 13.2 Å². The monoisotopic (exact) mass is 140 g/mol. The summed E-state index contributed by atoms with van der Waals surface area (Å²) in [5.41, 5.74) is 0. The van der Waals surface area contributed by atoms with Crippen molar-refractivity contribution in [2.45, 2.75) is 6.10 Å². The van der Waals surface area contributed by atoms with Crippen LogP contribution in [0.2, 0.25) is 0 Å². The molecule has 0 radical (unpaired) electrons. The van der Waals surface area contributed by atoms with Crippen LogP contribution in [-0.4, -0.2) is 34.4 Å². The average molecular weight is 140 g/mol. The number of aliphatic hydroxyl groups excluding tert-OH is 2. The van der Waals surface area contributed by atoms with Gasteiger partial charge >= 0.3 is 0 Å². The lowest BCUT2D eigenvalue weighted by Gasteiger charge is -2.07. The molecule has 0 saturated carbocycles. The van der Waals surface area contributed by atoms with Crippen LogP contribution in [-0.2, 0) is 4.52 Å². The van der Waals surface area contributed by atoms with Crippen LogP contribution in [0.4, 0.5) is 0 Å². The molecule has 0 aliphatic carbocycles. The summed E-state index contributed by atoms with van der Waals surface area (Å²) in [6.45, 7) is -0.520. The summed E-state index contributed by atoms with van der Waals surface area (Å²) in [5.74, 6) is 0. The van der Waals surface area contributed by atoms with E-state index in [9.17, 15) is 0 Å². The van der Waals surface area contributed by atoms with Crippen molar-refractivity contribution in [2.24, 2.45) is 0 Å². The highest BCUT2D eigenvalue weighted by atomic mass is 31.1. The summed E-state index contributed by atoms with van der Waals surface area (Å²) < 4.78 is 4.42. The van der Waals surface area contributed by atoms with Crippen molar-refractivity contribution < 1.29 is 19.6 Å². The topological polar surface area (TPSA) is 69.9 Å². The van der Waals surface area contributed by atoms with E-state index in [1.807, 2.05) is 0 Å². The van der Waals surface area contributed by atoms with E-state index in [1.54, 1.807) is 0 Å². The second-order valence-electron chi connectivity index (χ2n) is 1.20. The highest BCUT2D eigenvalue weighted by Gasteiger charge is 2.02. The molecule has 0 rings (SSSR count). The third kappa shape index (κ3) is 3.29. The van der Waals surface area contributed by atoms with Crippen LogP contribution in [0, 0.1) is 0 Å². The molecule has 3 N–H and O–H groups in total. The fourth-order valence-electron chi connectivity index (χ4n) is 0.207. The Balaban J connectivity index is 3.07. The molecule has 1 atom stereocenters. The first-order chi connectivity index (χ1) is 3.85. The fourth-order valence-corrected chi connectivity index (χ4v) is 0.505. The van der Waals surface area contributed by atoms with Crippen molar-refractivity contribution in [2.75, 3.05) is 13.2 Å². The molecule has 0 aliphatic heterocycles. The fraction of sp³-hybridized carbons (Fsp3) is 1.00. The molecule has 0 fully saturated rings. The summed E-state index contributed by atoms with van der Waals surface area (Å²) in [5, 5.41) is 16.5. The van der Waals surface area contributed by atoms with Crippen LogP contribution in [0.25, 0.3) is 0 Å². The molecule has 4 nitrogen and oxygen atoms in total. The summed E-state index contributed by atoms with van der Waals surface area (Å²) in [6, 6.07) is 0. The van der Waals surface area contributed by atoms with Crippen molar-refractivity contribution in [3.63, 3.8) is 0 Å². The predicted molar refractivity (Wildman–Crippen MR) is 29.6 cm³/mol. The van der Waals surface area contributed by atoms with Crippen LogP contribution >= 0.6 is 9.03 Å². The molecule has 0 spiro atoms. The van der Waals surface area contributed by atoms with Crippen LogP contribution in [0.1, 0.15) is 0 Å². The van der Waals surface area contributed by atoms with Gasteiger partial charge < -0.3 is 19.6 Å². The highest BCUT2D eigenvalue weighted by molar-refractivity contribution is 7.25. The van der Waals surface area contributed by atoms with Gasteiger partial charge in [0.25, 0.3) is 0 Å². The Morgan fingerprint density at radius 3 is 2.00 bits per heavy atom. The molecule has 0 bridgehead atoms. The zero-order chi connectivity index (χ0) is 6.41. The summed E-state index contributed by atoms with van der Waals surface area (Å²) in [7, 11) is -0.668. The van der Waals surface area contributed by atoms with Gasteiger partial charge in [-0.25, -0.2) is 0 Å². The Kier molecular flexibility index (Phi) is 5.59. The van der Waals surface area contributed by atoms with Crippen LogP contribution in [0.5, 0.6) is 0 Å². The Labute approximate surface area is 49.1 Å². The van der Waals surface area contributed by atoms with Gasteiger partial charge in [-0.1, -0.05) is 0 Å². The Morgan fingerprint density at radius 1 is 1.38 bits per heavy atom. The van der Waals surface area contributed by atoms with E-state index in [0.29, 0.717) is 0 Å². The van der Waals surface area contributed by atoms with Gasteiger partial charge in [-0.05, 0) is 0 Å². The smallest absolute Gasteiger partial charge is 0.152 e. The molecular weight excluding hydrogens is 131 g/mol. The molecule has 0 aliphatic rings.